The zero-order valence-electron chi connectivity index (χ0n) is 36.5. The summed E-state index contributed by atoms with van der Waals surface area (Å²) < 4.78 is 6.16. The largest absolute Gasteiger partial charge is 0.394 e. The van der Waals surface area contributed by atoms with Gasteiger partial charge in [0.1, 0.15) is 24.4 Å². The molecule has 1 aliphatic heterocycles. The van der Waals surface area contributed by atoms with Crippen molar-refractivity contribution >= 4 is 11.8 Å². The minimum Gasteiger partial charge on any atom is -0.394 e. The van der Waals surface area contributed by atoms with Crippen LogP contribution in [-0.2, 0) is 14.3 Å². The number of unbranched alkanes of at least 4 members (excludes halogenated alkanes) is 27. The van der Waals surface area contributed by atoms with Gasteiger partial charge in [-0.2, -0.15) is 0 Å². The summed E-state index contributed by atoms with van der Waals surface area (Å²) in [5.74, 6) is -0.338. The van der Waals surface area contributed by atoms with Crippen LogP contribution in [0.15, 0.2) is 0 Å². The third-order valence-corrected chi connectivity index (χ3v) is 11.6. The molecule has 0 bridgehead atoms. The molecule has 6 N–H and O–H groups in total. The van der Waals surface area contributed by atoms with Gasteiger partial charge in [-0.05, 0) is 25.2 Å². The van der Waals surface area contributed by atoms with Gasteiger partial charge in [0.25, 0.3) is 0 Å². The second-order valence-electron chi connectivity index (χ2n) is 17.4. The van der Waals surface area contributed by atoms with Crippen molar-refractivity contribution in [2.24, 2.45) is 11.7 Å². The second kappa shape index (κ2) is 34.8. The van der Waals surface area contributed by atoms with Crippen molar-refractivity contribution < 1.29 is 29.6 Å². The average Bonchev–Trinajstić information content (AvgIpc) is 3.16. The Labute approximate surface area is 339 Å². The van der Waals surface area contributed by atoms with Crippen LogP contribution in [0.4, 0.5) is 0 Å². The molecule has 0 aromatic heterocycles. The number of hydrogen-bond acceptors (Lipinski definition) is 7. The van der Waals surface area contributed by atoms with E-state index < -0.39 is 49.1 Å². The van der Waals surface area contributed by atoms with Gasteiger partial charge in [0.05, 0.1) is 12.6 Å². The molecule has 1 saturated heterocycles. The highest BCUT2D eigenvalue weighted by Gasteiger charge is 2.48. The van der Waals surface area contributed by atoms with Crippen LogP contribution in [0.5, 0.6) is 0 Å². The highest BCUT2D eigenvalue weighted by Crippen LogP contribution is 2.26. The number of nitrogens with zero attached hydrogens (tertiary/aromatic N) is 1. The SMILES string of the molecule is CCCCCCCCCCCCCCCCCC(=O)N(CCCCCCCCCCCCCCCC)[C@@H]1O[C@H](CO)[C@@H](O)[C@H](O)[C@H]1NC(=O)[C@@H](N)CC(C)C. The molecule has 55 heavy (non-hydrogen) atoms. The second-order valence-corrected chi connectivity index (χ2v) is 17.4. The summed E-state index contributed by atoms with van der Waals surface area (Å²) in [5.41, 5.74) is 6.20. The van der Waals surface area contributed by atoms with Crippen LogP contribution < -0.4 is 11.1 Å². The number of carbonyl (C=O) groups is 2. The van der Waals surface area contributed by atoms with E-state index in [2.05, 4.69) is 19.2 Å². The van der Waals surface area contributed by atoms with Gasteiger partial charge in [-0.1, -0.05) is 201 Å². The van der Waals surface area contributed by atoms with Crippen molar-refractivity contribution in [2.45, 2.75) is 263 Å². The lowest BCUT2D eigenvalue weighted by atomic mass is 9.94. The number of ether oxygens (including phenoxy) is 1. The zero-order valence-corrected chi connectivity index (χ0v) is 36.5. The minimum absolute atomic E-state index is 0.0830. The Hall–Kier alpha value is -1.26. The van der Waals surface area contributed by atoms with Crippen LogP contribution in [-0.4, -0.2) is 81.8 Å². The Bertz CT molecular complexity index is 907. The molecule has 0 radical (unpaired) electrons. The van der Waals surface area contributed by atoms with Crippen LogP contribution in [0.25, 0.3) is 0 Å². The van der Waals surface area contributed by atoms with E-state index in [4.69, 9.17) is 10.5 Å². The lowest BCUT2D eigenvalue weighted by Gasteiger charge is -2.47. The lowest BCUT2D eigenvalue weighted by Crippen LogP contribution is -2.69. The molecule has 1 rings (SSSR count). The highest BCUT2D eigenvalue weighted by atomic mass is 16.5. The predicted octanol–water partition coefficient (Wildman–Crippen LogP) is 9.86. The summed E-state index contributed by atoms with van der Waals surface area (Å²) in [6.07, 6.45) is 32.0. The average molecular weight is 782 g/mol. The first kappa shape index (κ1) is 51.8. The standard InChI is InChI=1S/C46H91N3O6/c1-5-7-9-11-13-15-17-19-21-22-24-26-28-30-32-34-41(51)49(35-33-31-29-27-25-23-20-18-16-14-12-10-8-6-2)46-42(44(53)43(52)40(37-50)55-46)48-45(54)39(47)36-38(3)4/h38-40,42-44,46,50,52-53H,5-37,47H2,1-4H3,(H,48,54)/t39-,40+,42+,43+,44+,46+/m0/s1. The van der Waals surface area contributed by atoms with Crippen molar-refractivity contribution in [3.05, 3.63) is 0 Å². The van der Waals surface area contributed by atoms with Crippen molar-refractivity contribution in [3.63, 3.8) is 0 Å². The first-order valence-corrected chi connectivity index (χ1v) is 23.7. The fraction of sp³-hybridized carbons (Fsp3) is 0.957. The Morgan fingerprint density at radius 2 is 1.00 bits per heavy atom. The van der Waals surface area contributed by atoms with Crippen LogP contribution in [0, 0.1) is 5.92 Å². The smallest absolute Gasteiger partial charge is 0.237 e. The maximum absolute atomic E-state index is 13.9. The fourth-order valence-corrected chi connectivity index (χ4v) is 8.07. The van der Waals surface area contributed by atoms with E-state index in [9.17, 15) is 24.9 Å². The first-order valence-electron chi connectivity index (χ1n) is 23.7. The van der Waals surface area contributed by atoms with Crippen LogP contribution in [0.3, 0.4) is 0 Å². The topological polar surface area (TPSA) is 145 Å². The number of aliphatic hydroxyl groups excluding tert-OH is 3. The third kappa shape index (κ3) is 25.0. The maximum atomic E-state index is 13.9. The molecule has 2 amide bonds. The summed E-state index contributed by atoms with van der Waals surface area (Å²) in [6.45, 7) is 8.41. The van der Waals surface area contributed by atoms with E-state index in [1.165, 1.54) is 148 Å². The lowest BCUT2D eigenvalue weighted by molar-refractivity contribution is -0.231. The summed E-state index contributed by atoms with van der Waals surface area (Å²) >= 11 is 0. The predicted molar refractivity (Wildman–Crippen MR) is 229 cm³/mol. The number of nitrogens with two attached hydrogens (primary N) is 1. The molecule has 326 valence electrons. The Morgan fingerprint density at radius 3 is 1.38 bits per heavy atom. The molecule has 9 nitrogen and oxygen atoms in total. The monoisotopic (exact) mass is 782 g/mol. The number of carbonyl (C=O) groups excluding carboxylic acids is 2. The maximum Gasteiger partial charge on any atom is 0.237 e. The van der Waals surface area contributed by atoms with Crippen molar-refractivity contribution in [2.75, 3.05) is 13.2 Å². The third-order valence-electron chi connectivity index (χ3n) is 11.6. The fourth-order valence-electron chi connectivity index (χ4n) is 8.07. The number of aliphatic hydroxyl groups is 3. The van der Waals surface area contributed by atoms with E-state index in [0.717, 1.165) is 38.5 Å². The molecule has 0 unspecified atom stereocenters. The van der Waals surface area contributed by atoms with Crippen LogP contribution >= 0.6 is 0 Å². The molecule has 9 heteroatoms. The van der Waals surface area contributed by atoms with E-state index in [-0.39, 0.29) is 11.8 Å². The molecule has 0 spiro atoms. The summed E-state index contributed by atoms with van der Waals surface area (Å²) in [7, 11) is 0. The molecule has 1 fully saturated rings. The number of nitrogens with one attached hydrogen (secondary N) is 1. The molecular formula is C46H91N3O6. The Morgan fingerprint density at radius 1 is 0.618 bits per heavy atom. The van der Waals surface area contributed by atoms with Gasteiger partial charge in [0.2, 0.25) is 11.8 Å². The van der Waals surface area contributed by atoms with Gasteiger partial charge in [0, 0.05) is 13.0 Å². The highest BCUT2D eigenvalue weighted by molar-refractivity contribution is 5.82. The Balaban J connectivity index is 2.67. The van der Waals surface area contributed by atoms with E-state index in [0.29, 0.717) is 19.4 Å². The van der Waals surface area contributed by atoms with Gasteiger partial charge in [-0.15, -0.1) is 0 Å². The van der Waals surface area contributed by atoms with Gasteiger partial charge < -0.3 is 36.0 Å². The number of hydrogen-bond donors (Lipinski definition) is 5. The molecular weight excluding hydrogens is 691 g/mol. The van der Waals surface area contributed by atoms with Crippen LogP contribution in [0.1, 0.15) is 227 Å². The number of rotatable bonds is 37. The van der Waals surface area contributed by atoms with Gasteiger partial charge >= 0.3 is 0 Å². The molecule has 6 atom stereocenters. The quantitative estimate of drug-likeness (QED) is 0.0395. The van der Waals surface area contributed by atoms with Crippen molar-refractivity contribution in [1.29, 1.82) is 0 Å². The summed E-state index contributed by atoms with van der Waals surface area (Å²) in [4.78, 5) is 28.8. The number of amides is 2. The van der Waals surface area contributed by atoms with Gasteiger partial charge in [0.15, 0.2) is 6.23 Å². The molecule has 0 aromatic rings. The van der Waals surface area contributed by atoms with Gasteiger partial charge in [-0.3, -0.25) is 9.59 Å². The van der Waals surface area contributed by atoms with Gasteiger partial charge in [-0.25, -0.2) is 0 Å². The van der Waals surface area contributed by atoms with Crippen molar-refractivity contribution in [1.82, 2.24) is 10.2 Å². The summed E-state index contributed by atoms with van der Waals surface area (Å²) in [6, 6.07) is -1.86. The zero-order chi connectivity index (χ0) is 40.5. The molecule has 0 aromatic carbocycles. The Kier molecular flexibility index (Phi) is 32.7. The first-order chi connectivity index (χ1) is 26.7. The van der Waals surface area contributed by atoms with E-state index >= 15 is 0 Å². The molecule has 0 saturated carbocycles. The van der Waals surface area contributed by atoms with Crippen LogP contribution in [0.2, 0.25) is 0 Å². The molecule has 1 aliphatic rings. The van der Waals surface area contributed by atoms with E-state index in [1.54, 1.807) is 4.90 Å². The van der Waals surface area contributed by atoms with Crippen molar-refractivity contribution in [3.8, 4) is 0 Å². The van der Waals surface area contributed by atoms with E-state index in [1.807, 2.05) is 13.8 Å². The summed E-state index contributed by atoms with van der Waals surface area (Å²) in [5, 5.41) is 34.9. The molecule has 0 aliphatic carbocycles. The normalized spacial score (nSPS) is 20.6. The minimum atomic E-state index is -1.43. The molecule has 1 heterocycles.